The molecular formula is C18H21FN4OS. The maximum Gasteiger partial charge on any atom is 0.225 e. The van der Waals surface area contributed by atoms with Crippen LogP contribution in [0.3, 0.4) is 0 Å². The topological polar surface area (TPSA) is 49.3 Å². The normalized spacial score (nSPS) is 19.4. The molecule has 132 valence electrons. The van der Waals surface area contributed by atoms with Crippen molar-refractivity contribution < 1.29 is 9.18 Å². The third-order valence-corrected chi connectivity index (χ3v) is 5.99. The fourth-order valence-electron chi connectivity index (χ4n) is 3.65. The van der Waals surface area contributed by atoms with Crippen LogP contribution in [-0.4, -0.2) is 58.5 Å². The largest absolute Gasteiger partial charge is 0.356 e. The second-order valence-electron chi connectivity index (χ2n) is 6.56. The number of hydrogen-bond acceptors (Lipinski definition) is 5. The van der Waals surface area contributed by atoms with Crippen LogP contribution < -0.4 is 4.90 Å². The quantitative estimate of drug-likeness (QED) is 0.824. The fourth-order valence-corrected chi connectivity index (χ4v) is 4.55. The summed E-state index contributed by atoms with van der Waals surface area (Å²) < 4.78 is 13.6. The van der Waals surface area contributed by atoms with E-state index in [1.165, 1.54) is 18.5 Å². The molecule has 0 spiro atoms. The van der Waals surface area contributed by atoms with E-state index >= 15 is 0 Å². The molecule has 25 heavy (non-hydrogen) atoms. The van der Waals surface area contributed by atoms with Crippen molar-refractivity contribution in [3.05, 3.63) is 30.3 Å². The van der Waals surface area contributed by atoms with Gasteiger partial charge in [0.1, 0.15) is 18.0 Å². The van der Waals surface area contributed by atoms with Crippen molar-refractivity contribution in [2.75, 3.05) is 42.6 Å². The SMILES string of the molecule is O=C(C1CCN(c2ncnc3ccc(F)cc23)CC1)N1CCSCC1. The summed E-state index contributed by atoms with van der Waals surface area (Å²) in [5.74, 6) is 2.98. The van der Waals surface area contributed by atoms with Crippen LogP contribution in [0, 0.1) is 11.7 Å². The Bertz CT molecular complexity index is 773. The van der Waals surface area contributed by atoms with Gasteiger partial charge in [0.15, 0.2) is 0 Å². The smallest absolute Gasteiger partial charge is 0.225 e. The van der Waals surface area contributed by atoms with Crippen molar-refractivity contribution >= 4 is 34.4 Å². The molecule has 0 bridgehead atoms. The summed E-state index contributed by atoms with van der Waals surface area (Å²) in [6.45, 7) is 3.28. The second kappa shape index (κ2) is 7.15. The Kier molecular flexibility index (Phi) is 4.74. The van der Waals surface area contributed by atoms with E-state index in [1.807, 2.05) is 16.7 Å². The molecule has 1 aromatic heterocycles. The van der Waals surface area contributed by atoms with Gasteiger partial charge in [0.05, 0.1) is 5.52 Å². The van der Waals surface area contributed by atoms with E-state index in [2.05, 4.69) is 14.9 Å². The van der Waals surface area contributed by atoms with Gasteiger partial charge >= 0.3 is 0 Å². The molecule has 5 nitrogen and oxygen atoms in total. The van der Waals surface area contributed by atoms with Crippen molar-refractivity contribution in [1.82, 2.24) is 14.9 Å². The molecule has 7 heteroatoms. The Balaban J connectivity index is 1.47. The molecule has 3 heterocycles. The molecule has 0 aliphatic carbocycles. The van der Waals surface area contributed by atoms with Gasteiger partial charge in [0.25, 0.3) is 0 Å². The summed E-state index contributed by atoms with van der Waals surface area (Å²) in [6, 6.07) is 4.59. The van der Waals surface area contributed by atoms with Gasteiger partial charge in [-0.2, -0.15) is 11.8 Å². The van der Waals surface area contributed by atoms with Crippen LogP contribution in [0.5, 0.6) is 0 Å². The highest BCUT2D eigenvalue weighted by Gasteiger charge is 2.30. The molecule has 2 aliphatic rings. The molecule has 0 N–H and O–H groups in total. The third-order valence-electron chi connectivity index (χ3n) is 5.04. The van der Waals surface area contributed by atoms with E-state index < -0.39 is 0 Å². The predicted octanol–water partition coefficient (Wildman–Crippen LogP) is 2.56. The lowest BCUT2D eigenvalue weighted by molar-refractivity contribution is -0.135. The van der Waals surface area contributed by atoms with Gasteiger partial charge in [-0.15, -0.1) is 0 Å². The third kappa shape index (κ3) is 3.42. The average Bonchev–Trinajstić information content (AvgIpc) is 2.68. The van der Waals surface area contributed by atoms with E-state index in [0.29, 0.717) is 5.91 Å². The lowest BCUT2D eigenvalue weighted by Gasteiger charge is -2.36. The maximum atomic E-state index is 13.6. The molecule has 2 aromatic rings. The summed E-state index contributed by atoms with van der Waals surface area (Å²) in [4.78, 5) is 25.4. The van der Waals surface area contributed by atoms with E-state index in [1.54, 1.807) is 6.07 Å². The minimum Gasteiger partial charge on any atom is -0.356 e. The standard InChI is InChI=1S/C18H21FN4OS/c19-14-1-2-16-15(11-14)17(21-12-20-16)22-5-3-13(4-6-22)18(24)23-7-9-25-10-8-23/h1-2,11-13H,3-10H2. The number of benzene rings is 1. The lowest BCUT2D eigenvalue weighted by Crippen LogP contribution is -2.45. The van der Waals surface area contributed by atoms with Crippen LogP contribution in [0.25, 0.3) is 10.9 Å². The number of anilines is 1. The number of fused-ring (bicyclic) bond motifs is 1. The van der Waals surface area contributed by atoms with Gasteiger partial charge in [-0.3, -0.25) is 4.79 Å². The van der Waals surface area contributed by atoms with Crippen LogP contribution in [0.4, 0.5) is 10.2 Å². The Morgan fingerprint density at radius 1 is 1.12 bits per heavy atom. The fraction of sp³-hybridized carbons (Fsp3) is 0.500. The second-order valence-corrected chi connectivity index (χ2v) is 7.78. The highest BCUT2D eigenvalue weighted by atomic mass is 32.2. The molecule has 4 rings (SSSR count). The van der Waals surface area contributed by atoms with Crippen LogP contribution in [0.1, 0.15) is 12.8 Å². The molecule has 1 amide bonds. The summed E-state index contributed by atoms with van der Waals surface area (Å²) >= 11 is 1.92. The summed E-state index contributed by atoms with van der Waals surface area (Å²) in [7, 11) is 0. The number of aromatic nitrogens is 2. The zero-order chi connectivity index (χ0) is 17.2. The molecule has 1 aromatic carbocycles. The van der Waals surface area contributed by atoms with Gasteiger partial charge in [0, 0.05) is 49.0 Å². The molecule has 0 atom stereocenters. The Morgan fingerprint density at radius 3 is 2.64 bits per heavy atom. The van der Waals surface area contributed by atoms with E-state index in [0.717, 1.165) is 67.2 Å². The molecular weight excluding hydrogens is 339 g/mol. The van der Waals surface area contributed by atoms with Crippen LogP contribution >= 0.6 is 11.8 Å². The number of nitrogens with zero attached hydrogens (tertiary/aromatic N) is 4. The Hall–Kier alpha value is -1.89. The average molecular weight is 360 g/mol. The van der Waals surface area contributed by atoms with Gasteiger partial charge < -0.3 is 9.80 Å². The number of carbonyl (C=O) groups excluding carboxylic acids is 1. The molecule has 2 aliphatic heterocycles. The molecule has 2 fully saturated rings. The highest BCUT2D eigenvalue weighted by Crippen LogP contribution is 2.29. The first-order chi connectivity index (χ1) is 12.2. The number of thioether (sulfide) groups is 1. The molecule has 2 saturated heterocycles. The van der Waals surface area contributed by atoms with Crippen molar-refractivity contribution in [3.63, 3.8) is 0 Å². The zero-order valence-corrected chi connectivity index (χ0v) is 14.8. The molecule has 0 saturated carbocycles. The van der Waals surface area contributed by atoms with E-state index in [-0.39, 0.29) is 11.7 Å². The van der Waals surface area contributed by atoms with Crippen molar-refractivity contribution in [3.8, 4) is 0 Å². The van der Waals surface area contributed by atoms with Crippen LogP contribution in [0.2, 0.25) is 0 Å². The summed E-state index contributed by atoms with van der Waals surface area (Å²) in [6.07, 6.45) is 3.17. The highest BCUT2D eigenvalue weighted by molar-refractivity contribution is 7.99. The van der Waals surface area contributed by atoms with Gasteiger partial charge in [0.2, 0.25) is 5.91 Å². The molecule has 0 radical (unpaired) electrons. The number of rotatable bonds is 2. The monoisotopic (exact) mass is 360 g/mol. The van der Waals surface area contributed by atoms with Gasteiger partial charge in [-0.05, 0) is 31.0 Å². The number of hydrogen-bond donors (Lipinski definition) is 0. The van der Waals surface area contributed by atoms with Crippen molar-refractivity contribution in [2.45, 2.75) is 12.8 Å². The first-order valence-electron chi connectivity index (χ1n) is 8.74. The molecule has 0 unspecified atom stereocenters. The summed E-state index contributed by atoms with van der Waals surface area (Å²) in [5, 5.41) is 0.736. The van der Waals surface area contributed by atoms with Crippen molar-refractivity contribution in [2.24, 2.45) is 5.92 Å². The summed E-state index contributed by atoms with van der Waals surface area (Å²) in [5.41, 5.74) is 0.746. The number of carbonyl (C=O) groups is 1. The predicted molar refractivity (Wildman–Crippen MR) is 98.3 cm³/mol. The minimum absolute atomic E-state index is 0.101. The Morgan fingerprint density at radius 2 is 1.88 bits per heavy atom. The minimum atomic E-state index is -0.281. The first-order valence-corrected chi connectivity index (χ1v) is 9.89. The Labute approximate surface area is 150 Å². The number of halogens is 1. The van der Waals surface area contributed by atoms with Crippen LogP contribution in [-0.2, 0) is 4.79 Å². The van der Waals surface area contributed by atoms with E-state index in [4.69, 9.17) is 0 Å². The van der Waals surface area contributed by atoms with E-state index in [9.17, 15) is 9.18 Å². The first kappa shape index (κ1) is 16.6. The maximum absolute atomic E-state index is 13.6. The lowest BCUT2D eigenvalue weighted by atomic mass is 9.95. The van der Waals surface area contributed by atoms with Crippen LogP contribution in [0.15, 0.2) is 24.5 Å². The van der Waals surface area contributed by atoms with Gasteiger partial charge in [-0.1, -0.05) is 0 Å². The van der Waals surface area contributed by atoms with Crippen molar-refractivity contribution in [1.29, 1.82) is 0 Å². The van der Waals surface area contributed by atoms with Gasteiger partial charge in [-0.25, -0.2) is 14.4 Å². The number of amides is 1. The number of piperidine rings is 1. The zero-order valence-electron chi connectivity index (χ0n) is 14.0.